The number of nitrogens with zero attached hydrogens (tertiary/aromatic N) is 1. The summed E-state index contributed by atoms with van der Waals surface area (Å²) in [6.07, 6.45) is 0.669. The number of aromatic nitrogens is 1. The van der Waals surface area contributed by atoms with Crippen molar-refractivity contribution in [3.63, 3.8) is 0 Å². The molecular weight excluding hydrogens is 287 g/mol. The summed E-state index contributed by atoms with van der Waals surface area (Å²) in [6, 6.07) is 5.36. The first-order valence-corrected chi connectivity index (χ1v) is 7.18. The van der Waals surface area contributed by atoms with Gasteiger partial charge in [-0.3, -0.25) is 0 Å². The van der Waals surface area contributed by atoms with E-state index in [9.17, 15) is 0 Å². The van der Waals surface area contributed by atoms with Crippen molar-refractivity contribution in [3.05, 3.63) is 49.4 Å². The SMILES string of the molecule is Cc1nc(C)c(C(N)Cc2cc(Cl)ccc2Cl)s1. The molecule has 5 heteroatoms. The van der Waals surface area contributed by atoms with E-state index in [4.69, 9.17) is 28.9 Å². The molecule has 1 aromatic heterocycles. The predicted octanol–water partition coefficient (Wildman–Crippen LogP) is 4.31. The van der Waals surface area contributed by atoms with Gasteiger partial charge < -0.3 is 5.73 Å². The van der Waals surface area contributed by atoms with E-state index >= 15 is 0 Å². The predicted molar refractivity (Wildman–Crippen MR) is 78.7 cm³/mol. The zero-order chi connectivity index (χ0) is 13.3. The summed E-state index contributed by atoms with van der Waals surface area (Å²) in [5, 5.41) is 2.42. The Labute approximate surface area is 121 Å². The molecule has 2 rings (SSSR count). The lowest BCUT2D eigenvalue weighted by Gasteiger charge is -2.12. The van der Waals surface area contributed by atoms with Crippen molar-refractivity contribution in [2.24, 2.45) is 5.73 Å². The lowest BCUT2D eigenvalue weighted by Crippen LogP contribution is -2.13. The number of aryl methyl sites for hydroxylation is 2. The van der Waals surface area contributed by atoms with E-state index in [1.54, 1.807) is 23.5 Å². The zero-order valence-corrected chi connectivity index (χ0v) is 12.5. The Balaban J connectivity index is 2.23. The first-order chi connectivity index (χ1) is 8.47. The van der Waals surface area contributed by atoms with Gasteiger partial charge in [0, 0.05) is 21.0 Å². The van der Waals surface area contributed by atoms with Gasteiger partial charge in [0.2, 0.25) is 0 Å². The molecule has 1 heterocycles. The van der Waals surface area contributed by atoms with Gasteiger partial charge in [0.15, 0.2) is 0 Å². The van der Waals surface area contributed by atoms with Crippen molar-refractivity contribution in [3.8, 4) is 0 Å². The number of rotatable bonds is 3. The second-order valence-corrected chi connectivity index (χ2v) is 6.31. The average Bonchev–Trinajstić information content (AvgIpc) is 2.63. The van der Waals surface area contributed by atoms with Crippen LogP contribution in [0.15, 0.2) is 18.2 Å². The summed E-state index contributed by atoms with van der Waals surface area (Å²) in [7, 11) is 0. The molecule has 0 bridgehead atoms. The van der Waals surface area contributed by atoms with Gasteiger partial charge in [-0.1, -0.05) is 23.2 Å². The van der Waals surface area contributed by atoms with Crippen molar-refractivity contribution in [1.29, 1.82) is 0 Å². The van der Waals surface area contributed by atoms with Crippen LogP contribution in [-0.2, 0) is 6.42 Å². The highest BCUT2D eigenvalue weighted by Crippen LogP contribution is 2.29. The third kappa shape index (κ3) is 3.04. The normalized spacial score (nSPS) is 12.7. The molecule has 0 aliphatic carbocycles. The smallest absolute Gasteiger partial charge is 0.0900 e. The molecule has 0 saturated carbocycles. The Morgan fingerprint density at radius 1 is 1.33 bits per heavy atom. The van der Waals surface area contributed by atoms with E-state index in [1.165, 1.54) is 0 Å². The molecule has 2 aromatic rings. The third-order valence-corrected chi connectivity index (χ3v) is 4.53. The number of nitrogens with two attached hydrogens (primary N) is 1. The van der Waals surface area contributed by atoms with Crippen LogP contribution in [0.5, 0.6) is 0 Å². The lowest BCUT2D eigenvalue weighted by molar-refractivity contribution is 0.729. The van der Waals surface area contributed by atoms with E-state index in [0.717, 1.165) is 21.1 Å². The van der Waals surface area contributed by atoms with Crippen LogP contribution in [0.4, 0.5) is 0 Å². The monoisotopic (exact) mass is 300 g/mol. The number of benzene rings is 1. The first-order valence-electron chi connectivity index (χ1n) is 5.61. The van der Waals surface area contributed by atoms with Gasteiger partial charge in [0.05, 0.1) is 10.7 Å². The molecule has 2 nitrogen and oxygen atoms in total. The largest absolute Gasteiger partial charge is 0.323 e. The fourth-order valence-electron chi connectivity index (χ4n) is 1.92. The fraction of sp³-hybridized carbons (Fsp3) is 0.308. The van der Waals surface area contributed by atoms with Crippen LogP contribution >= 0.6 is 34.5 Å². The molecule has 0 fully saturated rings. The summed E-state index contributed by atoms with van der Waals surface area (Å²) >= 11 is 13.8. The molecule has 0 amide bonds. The first kappa shape index (κ1) is 13.8. The van der Waals surface area contributed by atoms with Gasteiger partial charge in [-0.05, 0) is 44.0 Å². The Morgan fingerprint density at radius 2 is 2.06 bits per heavy atom. The van der Waals surface area contributed by atoms with E-state index < -0.39 is 0 Å². The summed E-state index contributed by atoms with van der Waals surface area (Å²) in [4.78, 5) is 5.51. The van der Waals surface area contributed by atoms with Gasteiger partial charge in [0.25, 0.3) is 0 Å². The van der Waals surface area contributed by atoms with E-state index in [2.05, 4.69) is 4.98 Å². The van der Waals surface area contributed by atoms with Crippen LogP contribution in [0.3, 0.4) is 0 Å². The number of hydrogen-bond donors (Lipinski definition) is 1. The highest BCUT2D eigenvalue weighted by Gasteiger charge is 2.15. The van der Waals surface area contributed by atoms with Crippen LogP contribution in [0.1, 0.15) is 27.2 Å². The van der Waals surface area contributed by atoms with Gasteiger partial charge in [-0.2, -0.15) is 0 Å². The Kier molecular flexibility index (Phi) is 4.28. The van der Waals surface area contributed by atoms with Crippen LogP contribution < -0.4 is 5.73 Å². The molecule has 18 heavy (non-hydrogen) atoms. The van der Waals surface area contributed by atoms with E-state index in [-0.39, 0.29) is 6.04 Å². The van der Waals surface area contributed by atoms with Crippen LogP contribution in [0.2, 0.25) is 10.0 Å². The third-order valence-electron chi connectivity index (χ3n) is 2.72. The molecule has 1 aromatic carbocycles. The second-order valence-electron chi connectivity index (χ2n) is 4.23. The highest BCUT2D eigenvalue weighted by molar-refractivity contribution is 7.11. The molecule has 1 unspecified atom stereocenters. The average molecular weight is 301 g/mol. The van der Waals surface area contributed by atoms with Crippen molar-refractivity contribution in [1.82, 2.24) is 4.98 Å². The minimum absolute atomic E-state index is 0.0906. The molecule has 1 atom stereocenters. The van der Waals surface area contributed by atoms with Crippen LogP contribution in [0, 0.1) is 13.8 Å². The number of hydrogen-bond acceptors (Lipinski definition) is 3. The maximum Gasteiger partial charge on any atom is 0.0900 e. The topological polar surface area (TPSA) is 38.9 Å². The second kappa shape index (κ2) is 5.57. The van der Waals surface area contributed by atoms with Crippen molar-refractivity contribution in [2.45, 2.75) is 26.3 Å². The van der Waals surface area contributed by atoms with Gasteiger partial charge >= 0.3 is 0 Å². The lowest BCUT2D eigenvalue weighted by atomic mass is 10.0. The molecule has 0 aliphatic heterocycles. The van der Waals surface area contributed by atoms with Crippen molar-refractivity contribution < 1.29 is 0 Å². The molecule has 0 aliphatic rings. The van der Waals surface area contributed by atoms with Gasteiger partial charge in [-0.15, -0.1) is 11.3 Å². The van der Waals surface area contributed by atoms with E-state index in [1.807, 2.05) is 19.9 Å². The summed E-state index contributed by atoms with van der Waals surface area (Å²) in [5.74, 6) is 0. The molecule has 2 N–H and O–H groups in total. The number of halogens is 2. The van der Waals surface area contributed by atoms with Crippen molar-refractivity contribution in [2.75, 3.05) is 0 Å². The molecule has 0 spiro atoms. The highest BCUT2D eigenvalue weighted by atomic mass is 35.5. The van der Waals surface area contributed by atoms with Gasteiger partial charge in [-0.25, -0.2) is 4.98 Å². The molecular formula is C13H14Cl2N2S. The summed E-state index contributed by atoms with van der Waals surface area (Å²) < 4.78 is 0. The molecule has 0 radical (unpaired) electrons. The van der Waals surface area contributed by atoms with Gasteiger partial charge in [0.1, 0.15) is 0 Å². The standard InChI is InChI=1S/C13H14Cl2N2S/c1-7-13(18-8(2)17-7)12(16)6-9-5-10(14)3-4-11(9)15/h3-5,12H,6,16H2,1-2H3. The Bertz CT molecular complexity index is 566. The van der Waals surface area contributed by atoms with E-state index in [0.29, 0.717) is 16.5 Å². The minimum Gasteiger partial charge on any atom is -0.323 e. The Morgan fingerprint density at radius 3 is 2.67 bits per heavy atom. The molecule has 0 saturated heterocycles. The van der Waals surface area contributed by atoms with Crippen LogP contribution in [0.25, 0.3) is 0 Å². The number of thiazole rings is 1. The van der Waals surface area contributed by atoms with Crippen molar-refractivity contribution >= 4 is 34.5 Å². The zero-order valence-electron chi connectivity index (χ0n) is 10.2. The van der Waals surface area contributed by atoms with Crippen LogP contribution in [-0.4, -0.2) is 4.98 Å². The quantitative estimate of drug-likeness (QED) is 0.917. The maximum absolute atomic E-state index is 6.23. The Hall–Kier alpha value is -0.610. The fourth-order valence-corrected chi connectivity index (χ4v) is 3.24. The molecule has 96 valence electrons. The summed E-state index contributed by atoms with van der Waals surface area (Å²) in [6.45, 7) is 3.97. The minimum atomic E-state index is -0.0906. The summed E-state index contributed by atoms with van der Waals surface area (Å²) in [5.41, 5.74) is 8.21. The maximum atomic E-state index is 6.23.